The van der Waals surface area contributed by atoms with E-state index in [9.17, 15) is 9.59 Å². The van der Waals surface area contributed by atoms with Gasteiger partial charge in [-0.05, 0) is 63.9 Å². The third-order valence-corrected chi connectivity index (χ3v) is 8.66. The number of aromatic nitrogens is 3. The number of pyridine rings is 1. The summed E-state index contributed by atoms with van der Waals surface area (Å²) in [5, 5.41) is 3.93. The van der Waals surface area contributed by atoms with Gasteiger partial charge >= 0.3 is 0 Å². The Morgan fingerprint density at radius 1 is 1.23 bits per heavy atom. The smallest absolute Gasteiger partial charge is 0.258 e. The topological polar surface area (TPSA) is 82.8 Å². The van der Waals surface area contributed by atoms with Crippen LogP contribution in [0.15, 0.2) is 29.2 Å². The number of halogens is 1. The van der Waals surface area contributed by atoms with Crippen LogP contribution in [-0.4, -0.2) is 64.4 Å². The molecule has 0 aliphatic carbocycles. The fourth-order valence-corrected chi connectivity index (χ4v) is 6.69. The molecule has 35 heavy (non-hydrogen) atoms. The predicted octanol–water partition coefficient (Wildman–Crippen LogP) is 3.93. The van der Waals surface area contributed by atoms with Crippen LogP contribution in [0.25, 0.3) is 26.1 Å². The second kappa shape index (κ2) is 9.04. The molecule has 2 fully saturated rings. The lowest BCUT2D eigenvalue weighted by molar-refractivity contribution is 0.0951. The van der Waals surface area contributed by atoms with E-state index in [1.807, 2.05) is 22.6 Å². The zero-order chi connectivity index (χ0) is 24.1. The first-order chi connectivity index (χ1) is 17.0. The highest BCUT2D eigenvalue weighted by molar-refractivity contribution is 7.24. The molecule has 4 aromatic rings. The van der Waals surface area contributed by atoms with E-state index >= 15 is 0 Å². The van der Waals surface area contributed by atoms with Crippen molar-refractivity contribution >= 4 is 60.9 Å². The molecule has 10 heteroatoms. The van der Waals surface area contributed by atoms with E-state index in [4.69, 9.17) is 16.6 Å². The lowest BCUT2D eigenvalue weighted by atomic mass is 10.1. The minimum absolute atomic E-state index is 0.145. The number of amides is 1. The average Bonchev–Trinajstić information content (AvgIpc) is 3.59. The van der Waals surface area contributed by atoms with Crippen LogP contribution in [0.2, 0.25) is 5.02 Å². The summed E-state index contributed by atoms with van der Waals surface area (Å²) in [6.07, 6.45) is 6.97. The number of thiazole rings is 1. The summed E-state index contributed by atoms with van der Waals surface area (Å²) in [4.78, 5) is 41.4. The molecule has 2 saturated heterocycles. The van der Waals surface area contributed by atoms with E-state index in [1.165, 1.54) is 17.8 Å². The van der Waals surface area contributed by atoms with Crippen molar-refractivity contribution in [3.8, 4) is 0 Å². The van der Waals surface area contributed by atoms with E-state index < -0.39 is 0 Å². The minimum Gasteiger partial charge on any atom is -0.352 e. The number of carbonyl (C=O) groups excluding carboxylic acids is 1. The zero-order valence-corrected chi connectivity index (χ0v) is 21.2. The molecule has 3 aromatic heterocycles. The molecular formula is C25H27ClN6O2S. The summed E-state index contributed by atoms with van der Waals surface area (Å²) in [6.45, 7) is 3.42. The van der Waals surface area contributed by atoms with Crippen molar-refractivity contribution in [2.75, 3.05) is 38.1 Å². The van der Waals surface area contributed by atoms with Gasteiger partial charge in [-0.25, -0.2) is 4.98 Å². The Kier molecular flexibility index (Phi) is 5.86. The van der Waals surface area contributed by atoms with Gasteiger partial charge in [0.2, 0.25) is 11.4 Å². The monoisotopic (exact) mass is 510 g/mol. The van der Waals surface area contributed by atoms with Crippen LogP contribution in [-0.2, 0) is 0 Å². The largest absolute Gasteiger partial charge is 0.352 e. The van der Waals surface area contributed by atoms with Crippen molar-refractivity contribution in [3.05, 3.63) is 45.2 Å². The molecule has 1 unspecified atom stereocenters. The van der Waals surface area contributed by atoms with Crippen molar-refractivity contribution in [2.45, 2.75) is 38.1 Å². The van der Waals surface area contributed by atoms with Crippen LogP contribution in [0.4, 0.5) is 5.95 Å². The molecular weight excluding hydrogens is 484 g/mol. The van der Waals surface area contributed by atoms with Gasteiger partial charge in [0.05, 0.1) is 15.6 Å². The summed E-state index contributed by atoms with van der Waals surface area (Å²) in [7, 11) is 2.12. The van der Waals surface area contributed by atoms with Crippen LogP contribution >= 0.6 is 22.9 Å². The SMILES string of the molecule is CN1CCCC1CCNC(=O)c1c(=O)c2cnc(N3CCCC3)nc2n2c1sc1ccc(Cl)cc12. The van der Waals surface area contributed by atoms with Gasteiger partial charge in [0, 0.05) is 36.9 Å². The molecule has 1 amide bonds. The van der Waals surface area contributed by atoms with Crippen molar-refractivity contribution in [1.29, 1.82) is 0 Å². The highest BCUT2D eigenvalue weighted by Crippen LogP contribution is 2.33. The summed E-state index contributed by atoms with van der Waals surface area (Å²) >= 11 is 7.76. The number of nitrogens with zero attached hydrogens (tertiary/aromatic N) is 5. The molecule has 1 atom stereocenters. The van der Waals surface area contributed by atoms with Crippen LogP contribution < -0.4 is 15.6 Å². The Morgan fingerprint density at radius 3 is 2.83 bits per heavy atom. The first-order valence-electron chi connectivity index (χ1n) is 12.2. The molecule has 0 saturated carbocycles. The van der Waals surface area contributed by atoms with E-state index in [0.29, 0.717) is 39.4 Å². The second-order valence-corrected chi connectivity index (χ2v) is 10.9. The molecule has 0 bridgehead atoms. The molecule has 182 valence electrons. The maximum absolute atomic E-state index is 13.6. The molecule has 2 aliphatic heterocycles. The number of anilines is 1. The Bertz CT molecular complexity index is 1510. The van der Waals surface area contributed by atoms with E-state index in [2.05, 4.69) is 27.1 Å². The molecule has 2 aliphatic rings. The Labute approximate surface area is 211 Å². The maximum Gasteiger partial charge on any atom is 0.258 e. The summed E-state index contributed by atoms with van der Waals surface area (Å²) in [5.74, 6) is 0.263. The van der Waals surface area contributed by atoms with Gasteiger partial charge in [-0.15, -0.1) is 11.3 Å². The Balaban J connectivity index is 1.48. The van der Waals surface area contributed by atoms with Gasteiger partial charge in [-0.3, -0.25) is 14.0 Å². The number of benzene rings is 1. The van der Waals surface area contributed by atoms with Crippen molar-refractivity contribution in [2.24, 2.45) is 0 Å². The van der Waals surface area contributed by atoms with E-state index in [0.717, 1.165) is 55.5 Å². The number of carbonyl (C=O) groups is 1. The zero-order valence-electron chi connectivity index (χ0n) is 19.6. The minimum atomic E-state index is -0.351. The highest BCUT2D eigenvalue weighted by atomic mass is 35.5. The van der Waals surface area contributed by atoms with Crippen LogP contribution in [0.3, 0.4) is 0 Å². The first-order valence-corrected chi connectivity index (χ1v) is 13.4. The van der Waals surface area contributed by atoms with E-state index in [-0.39, 0.29) is 16.9 Å². The molecule has 1 aromatic carbocycles. The Hall–Kier alpha value is -2.75. The van der Waals surface area contributed by atoms with Gasteiger partial charge in [0.1, 0.15) is 10.4 Å². The number of fused-ring (bicyclic) bond motifs is 5. The first kappa shape index (κ1) is 22.7. The summed E-state index contributed by atoms with van der Waals surface area (Å²) in [5.41, 5.74) is 1.16. The molecule has 8 nitrogen and oxygen atoms in total. The number of likely N-dealkylation sites (tertiary alicyclic amines) is 1. The molecule has 6 rings (SSSR count). The maximum atomic E-state index is 13.6. The highest BCUT2D eigenvalue weighted by Gasteiger charge is 2.25. The lowest BCUT2D eigenvalue weighted by Crippen LogP contribution is -2.34. The predicted molar refractivity (Wildman–Crippen MR) is 141 cm³/mol. The van der Waals surface area contributed by atoms with Gasteiger partial charge in [0.25, 0.3) is 5.91 Å². The molecule has 0 radical (unpaired) electrons. The average molecular weight is 511 g/mol. The summed E-state index contributed by atoms with van der Waals surface area (Å²) < 4.78 is 2.84. The normalized spacial score (nSPS) is 18.9. The quantitative estimate of drug-likeness (QED) is 0.438. The fraction of sp³-hybridized carbons (Fsp3) is 0.440. The standard InChI is InChI=1S/C25H27ClN6O2S/c1-30-10-4-5-16(30)8-9-27-23(34)20-21(33)17-14-28-25(31-11-2-3-12-31)29-22(17)32-18-13-15(26)6-7-19(18)35-24(20)32/h6-7,13-14,16H,2-5,8-12H2,1H3,(H,27,34). The van der Waals surface area contributed by atoms with Crippen molar-refractivity contribution < 1.29 is 4.79 Å². The van der Waals surface area contributed by atoms with Crippen molar-refractivity contribution in [3.63, 3.8) is 0 Å². The van der Waals surface area contributed by atoms with Gasteiger partial charge in [-0.1, -0.05) is 11.6 Å². The number of hydrogen-bond donors (Lipinski definition) is 1. The van der Waals surface area contributed by atoms with Gasteiger partial charge in [-0.2, -0.15) is 4.98 Å². The Morgan fingerprint density at radius 2 is 2.06 bits per heavy atom. The third-order valence-electron chi connectivity index (χ3n) is 7.28. The van der Waals surface area contributed by atoms with Crippen LogP contribution in [0.5, 0.6) is 0 Å². The van der Waals surface area contributed by atoms with E-state index in [1.54, 1.807) is 6.20 Å². The number of rotatable bonds is 5. The molecule has 0 spiro atoms. The fourth-order valence-electron chi connectivity index (χ4n) is 5.36. The molecule has 5 heterocycles. The van der Waals surface area contributed by atoms with Crippen LogP contribution in [0, 0.1) is 0 Å². The number of nitrogens with one attached hydrogen (secondary N) is 1. The van der Waals surface area contributed by atoms with Crippen molar-refractivity contribution in [1.82, 2.24) is 24.6 Å². The van der Waals surface area contributed by atoms with Crippen LogP contribution in [0.1, 0.15) is 42.5 Å². The number of hydrogen-bond acceptors (Lipinski definition) is 7. The van der Waals surface area contributed by atoms with Gasteiger partial charge in [0.15, 0.2) is 5.65 Å². The summed E-state index contributed by atoms with van der Waals surface area (Å²) in [6, 6.07) is 6.07. The third kappa shape index (κ3) is 3.95. The second-order valence-electron chi connectivity index (χ2n) is 9.48. The lowest BCUT2D eigenvalue weighted by Gasteiger charge is -2.19. The van der Waals surface area contributed by atoms with Gasteiger partial charge < -0.3 is 15.1 Å². The molecule has 1 N–H and O–H groups in total.